The Morgan fingerprint density at radius 1 is 1.11 bits per heavy atom. The first-order chi connectivity index (χ1) is 12.6. The van der Waals surface area contributed by atoms with Gasteiger partial charge in [-0.05, 0) is 56.7 Å². The molecular formula is C22H30ClN3O. The van der Waals surface area contributed by atoms with Crippen LogP contribution < -0.4 is 5.32 Å². The fourth-order valence-electron chi connectivity index (χ4n) is 4.60. The first-order valence-electron chi connectivity index (χ1n) is 9.79. The maximum Gasteiger partial charge on any atom is 0.255 e. The lowest BCUT2D eigenvalue weighted by molar-refractivity contribution is 0.0607. The average molecular weight is 388 g/mol. The van der Waals surface area contributed by atoms with Gasteiger partial charge in [0.1, 0.15) is 0 Å². The van der Waals surface area contributed by atoms with Crippen LogP contribution in [-0.2, 0) is 6.54 Å². The van der Waals surface area contributed by atoms with Crippen LogP contribution in [0.4, 0.5) is 0 Å². The Morgan fingerprint density at radius 2 is 1.81 bits per heavy atom. The van der Waals surface area contributed by atoms with Gasteiger partial charge in [-0.1, -0.05) is 30.3 Å². The van der Waals surface area contributed by atoms with Crippen LogP contribution in [0.1, 0.15) is 46.6 Å². The number of carbonyl (C=O) groups excluding carboxylic acids is 1. The lowest BCUT2D eigenvalue weighted by atomic mass is 9.78. The van der Waals surface area contributed by atoms with Gasteiger partial charge in [0.15, 0.2) is 0 Å². The van der Waals surface area contributed by atoms with E-state index in [1.165, 1.54) is 12.0 Å². The van der Waals surface area contributed by atoms with Crippen LogP contribution in [0.25, 0.3) is 0 Å². The van der Waals surface area contributed by atoms with Crippen molar-refractivity contribution in [2.45, 2.75) is 39.7 Å². The molecule has 4 rings (SSSR count). The quantitative estimate of drug-likeness (QED) is 0.869. The monoisotopic (exact) mass is 387 g/mol. The number of aromatic nitrogens is 1. The highest BCUT2D eigenvalue weighted by Gasteiger charge is 2.38. The average Bonchev–Trinajstić information content (AvgIpc) is 3.22. The van der Waals surface area contributed by atoms with Gasteiger partial charge in [0.25, 0.3) is 5.91 Å². The van der Waals surface area contributed by atoms with Crippen LogP contribution in [0.5, 0.6) is 0 Å². The van der Waals surface area contributed by atoms with Crippen LogP contribution >= 0.6 is 12.4 Å². The molecular weight excluding hydrogens is 358 g/mol. The molecule has 27 heavy (non-hydrogen) atoms. The van der Waals surface area contributed by atoms with Crippen molar-refractivity contribution < 1.29 is 4.79 Å². The summed E-state index contributed by atoms with van der Waals surface area (Å²) in [6.45, 7) is 9.04. The molecule has 2 fully saturated rings. The van der Waals surface area contributed by atoms with Gasteiger partial charge in [-0.2, -0.15) is 0 Å². The van der Waals surface area contributed by atoms with Gasteiger partial charge in [-0.25, -0.2) is 0 Å². The Labute approximate surface area is 168 Å². The molecule has 1 spiro atoms. The summed E-state index contributed by atoms with van der Waals surface area (Å²) in [4.78, 5) is 15.2. The number of benzene rings is 1. The van der Waals surface area contributed by atoms with Gasteiger partial charge in [-0.3, -0.25) is 4.79 Å². The normalized spacial score (nSPS) is 18.5. The van der Waals surface area contributed by atoms with Crippen LogP contribution in [0.2, 0.25) is 0 Å². The zero-order valence-corrected chi connectivity index (χ0v) is 17.1. The fraction of sp³-hybridized carbons (Fsp3) is 0.500. The van der Waals surface area contributed by atoms with E-state index in [-0.39, 0.29) is 18.3 Å². The number of hydrogen-bond donors (Lipinski definition) is 1. The second-order valence-corrected chi connectivity index (χ2v) is 8.08. The first kappa shape index (κ1) is 20.0. The molecule has 0 unspecified atom stereocenters. The fourth-order valence-corrected chi connectivity index (χ4v) is 4.60. The van der Waals surface area contributed by atoms with E-state index < -0.39 is 0 Å². The maximum atomic E-state index is 13.1. The number of hydrogen-bond acceptors (Lipinski definition) is 2. The Hall–Kier alpha value is -1.78. The van der Waals surface area contributed by atoms with Gasteiger partial charge >= 0.3 is 0 Å². The smallest absolute Gasteiger partial charge is 0.255 e. The zero-order valence-electron chi connectivity index (χ0n) is 16.3. The predicted octanol–water partition coefficient (Wildman–Crippen LogP) is 3.79. The molecule has 146 valence electrons. The number of halogens is 1. The number of nitrogens with zero attached hydrogens (tertiary/aromatic N) is 2. The third-order valence-corrected chi connectivity index (χ3v) is 6.43. The summed E-state index contributed by atoms with van der Waals surface area (Å²) in [7, 11) is 0. The van der Waals surface area contributed by atoms with Gasteiger partial charge in [-0.15, -0.1) is 12.4 Å². The third-order valence-electron chi connectivity index (χ3n) is 6.43. The molecule has 0 aliphatic carbocycles. The second kappa shape index (κ2) is 8.07. The number of aryl methyl sites for hydroxylation is 1. The number of likely N-dealkylation sites (tertiary alicyclic amines) is 1. The second-order valence-electron chi connectivity index (χ2n) is 8.08. The van der Waals surface area contributed by atoms with Crippen molar-refractivity contribution >= 4 is 18.3 Å². The summed E-state index contributed by atoms with van der Waals surface area (Å²) in [5.41, 5.74) is 4.82. The van der Waals surface area contributed by atoms with Crippen molar-refractivity contribution in [3.8, 4) is 0 Å². The molecule has 0 atom stereocenters. The van der Waals surface area contributed by atoms with Crippen molar-refractivity contribution in [3.05, 3.63) is 58.9 Å². The van der Waals surface area contributed by atoms with Crippen molar-refractivity contribution in [1.82, 2.24) is 14.8 Å². The lowest BCUT2D eigenvalue weighted by Crippen LogP contribution is -2.44. The highest BCUT2D eigenvalue weighted by Crippen LogP contribution is 2.37. The van der Waals surface area contributed by atoms with E-state index >= 15 is 0 Å². The van der Waals surface area contributed by atoms with E-state index in [9.17, 15) is 4.79 Å². The van der Waals surface area contributed by atoms with E-state index in [1.807, 2.05) is 6.07 Å². The molecule has 1 aromatic heterocycles. The van der Waals surface area contributed by atoms with E-state index in [4.69, 9.17) is 0 Å². The van der Waals surface area contributed by atoms with Crippen molar-refractivity contribution in [2.24, 2.45) is 5.41 Å². The van der Waals surface area contributed by atoms with Crippen LogP contribution in [0.15, 0.2) is 36.4 Å². The summed E-state index contributed by atoms with van der Waals surface area (Å²) in [6, 6.07) is 12.5. The van der Waals surface area contributed by atoms with Gasteiger partial charge in [0, 0.05) is 37.6 Å². The van der Waals surface area contributed by atoms with Gasteiger partial charge in [0.05, 0.1) is 5.56 Å². The van der Waals surface area contributed by atoms with Crippen LogP contribution in [-0.4, -0.2) is 41.6 Å². The zero-order chi connectivity index (χ0) is 18.1. The first-order valence-corrected chi connectivity index (χ1v) is 9.79. The van der Waals surface area contributed by atoms with Crippen LogP contribution in [0.3, 0.4) is 0 Å². The van der Waals surface area contributed by atoms with E-state index in [1.54, 1.807) is 0 Å². The Morgan fingerprint density at radius 3 is 2.44 bits per heavy atom. The van der Waals surface area contributed by atoms with Gasteiger partial charge in [0.2, 0.25) is 0 Å². The van der Waals surface area contributed by atoms with Gasteiger partial charge < -0.3 is 14.8 Å². The van der Waals surface area contributed by atoms with Crippen LogP contribution in [0, 0.1) is 19.3 Å². The standard InChI is InChI=1S/C22H29N3O.ClH/c1-17-14-20(18(2)25(17)15-19-6-4-3-5-7-19)21(26)24-12-9-22(10-13-24)8-11-23-16-22;/h3-7,14,23H,8-13,15-16H2,1-2H3;1H. The summed E-state index contributed by atoms with van der Waals surface area (Å²) in [5.74, 6) is 0.207. The Bertz CT molecular complexity index is 783. The van der Waals surface area contributed by atoms with Crippen molar-refractivity contribution in [1.29, 1.82) is 0 Å². The lowest BCUT2D eigenvalue weighted by Gasteiger charge is -2.38. The maximum absolute atomic E-state index is 13.1. The number of nitrogens with one attached hydrogen (secondary N) is 1. The minimum atomic E-state index is 0. The van der Waals surface area contributed by atoms with E-state index in [2.05, 4.69) is 59.0 Å². The molecule has 0 radical (unpaired) electrons. The number of piperidine rings is 1. The molecule has 4 nitrogen and oxygen atoms in total. The molecule has 1 N–H and O–H groups in total. The molecule has 1 amide bonds. The Kier molecular flexibility index (Phi) is 5.97. The SMILES string of the molecule is Cc1cc(C(=O)N2CCC3(CCNC3)CC2)c(C)n1Cc1ccccc1.Cl. The molecule has 2 aliphatic heterocycles. The summed E-state index contributed by atoms with van der Waals surface area (Å²) in [5, 5.41) is 3.49. The molecule has 3 heterocycles. The molecule has 2 aromatic rings. The van der Waals surface area contributed by atoms with Crippen molar-refractivity contribution in [3.63, 3.8) is 0 Å². The molecule has 5 heteroatoms. The molecule has 0 saturated carbocycles. The third kappa shape index (κ3) is 3.92. The number of amides is 1. The number of carbonyl (C=O) groups is 1. The number of rotatable bonds is 3. The largest absolute Gasteiger partial charge is 0.344 e. The minimum Gasteiger partial charge on any atom is -0.344 e. The topological polar surface area (TPSA) is 37.3 Å². The van der Waals surface area contributed by atoms with E-state index in [0.29, 0.717) is 5.41 Å². The van der Waals surface area contributed by atoms with Crippen molar-refractivity contribution in [2.75, 3.05) is 26.2 Å². The summed E-state index contributed by atoms with van der Waals surface area (Å²) in [6.07, 6.45) is 3.53. The summed E-state index contributed by atoms with van der Waals surface area (Å²) >= 11 is 0. The predicted molar refractivity (Wildman–Crippen MR) is 112 cm³/mol. The Balaban J connectivity index is 0.00000210. The molecule has 0 bridgehead atoms. The molecule has 2 saturated heterocycles. The summed E-state index contributed by atoms with van der Waals surface area (Å²) < 4.78 is 2.26. The molecule has 2 aliphatic rings. The molecule has 1 aromatic carbocycles. The minimum absolute atomic E-state index is 0. The highest BCUT2D eigenvalue weighted by molar-refractivity contribution is 5.95. The van der Waals surface area contributed by atoms with E-state index in [0.717, 1.165) is 62.5 Å². The highest BCUT2D eigenvalue weighted by atomic mass is 35.5.